The lowest BCUT2D eigenvalue weighted by molar-refractivity contribution is -0.193. The second-order valence-corrected chi connectivity index (χ2v) is 8.58. The molecule has 0 bridgehead atoms. The monoisotopic (exact) mass is 589 g/mol. The van der Waals surface area contributed by atoms with E-state index in [1.54, 1.807) is 30.9 Å². The van der Waals surface area contributed by atoms with Crippen LogP contribution in [0, 0.1) is 5.92 Å². The first-order chi connectivity index (χ1) is 19.2. The molecule has 4 N–H and O–H groups in total. The second kappa shape index (κ2) is 12.6. The molecule has 0 radical (unpaired) electrons. The molecule has 0 atom stereocenters. The number of halogens is 6. The Morgan fingerprint density at radius 1 is 1.00 bits per heavy atom. The molecular weight excluding hydrogens is 568 g/mol. The summed E-state index contributed by atoms with van der Waals surface area (Å²) in [6.07, 6.45) is 0.0264. The number of alkyl halides is 6. The zero-order chi connectivity index (χ0) is 30.4. The van der Waals surface area contributed by atoms with Gasteiger partial charge in [0, 0.05) is 31.0 Å². The minimum atomic E-state index is -5.08. The molecule has 1 saturated carbocycles. The minimum Gasteiger partial charge on any atom is -0.475 e. The number of anilines is 2. The van der Waals surface area contributed by atoms with E-state index in [9.17, 15) is 31.1 Å². The van der Waals surface area contributed by atoms with Crippen LogP contribution in [0.15, 0.2) is 37.1 Å². The molecule has 1 aliphatic carbocycles. The van der Waals surface area contributed by atoms with Crippen LogP contribution in [0.25, 0.3) is 11.4 Å². The van der Waals surface area contributed by atoms with E-state index in [-0.39, 0.29) is 5.91 Å². The average Bonchev–Trinajstić information content (AvgIpc) is 3.63. The molecule has 2 aliphatic rings. The molecule has 41 heavy (non-hydrogen) atoms. The first-order valence-electron chi connectivity index (χ1n) is 11.6. The number of aromatic nitrogens is 5. The number of nitrogens with zero attached hydrogens (tertiary/aromatic N) is 5. The van der Waals surface area contributed by atoms with Crippen molar-refractivity contribution >= 4 is 29.5 Å². The van der Waals surface area contributed by atoms with E-state index in [4.69, 9.17) is 24.8 Å². The van der Waals surface area contributed by atoms with Crippen molar-refractivity contribution in [2.45, 2.75) is 38.2 Å². The number of aryl methyl sites for hydroxylation is 2. The number of fused-ring (bicyclic) bond motifs is 3. The fourth-order valence-corrected chi connectivity index (χ4v) is 3.27. The maximum atomic E-state index is 12.8. The van der Waals surface area contributed by atoms with Crippen LogP contribution in [0.5, 0.6) is 0 Å². The maximum absolute atomic E-state index is 12.8. The summed E-state index contributed by atoms with van der Waals surface area (Å²) in [5.41, 5.74) is 3.56. The van der Waals surface area contributed by atoms with Crippen molar-refractivity contribution in [1.82, 2.24) is 24.5 Å². The zero-order valence-corrected chi connectivity index (χ0v) is 20.7. The van der Waals surface area contributed by atoms with Gasteiger partial charge in [0.15, 0.2) is 5.69 Å². The van der Waals surface area contributed by atoms with Gasteiger partial charge in [-0.05, 0) is 37.3 Å². The standard InChI is InChI=1S/C19H19N7O.2C2HF3O2/c27-18(24-14-2-1-6-20-10-14)16-17-15-13(5-7-26(17)11-23-16)9-22-19(25-15)21-8-12-3-4-12;2*3-2(4,5)1(6)7/h1-2,6,9-12H,3-5,7-8H2,(H,24,27)(H,21,22,25);2*(H,6,7). The lowest BCUT2D eigenvalue weighted by Gasteiger charge is -2.19. The molecule has 5 rings (SSSR count). The quantitative estimate of drug-likeness (QED) is 0.322. The average molecular weight is 589 g/mol. The summed E-state index contributed by atoms with van der Waals surface area (Å²) in [4.78, 5) is 48.1. The van der Waals surface area contributed by atoms with Gasteiger partial charge in [-0.3, -0.25) is 9.78 Å². The van der Waals surface area contributed by atoms with Gasteiger partial charge in [-0.2, -0.15) is 26.3 Å². The summed E-state index contributed by atoms with van der Waals surface area (Å²) in [6, 6.07) is 3.57. The highest BCUT2D eigenvalue weighted by Crippen LogP contribution is 2.32. The molecule has 12 nitrogen and oxygen atoms in total. The number of hydrogen-bond donors (Lipinski definition) is 4. The number of carboxylic acid groups (broad SMARTS) is 2. The Morgan fingerprint density at radius 3 is 2.17 bits per heavy atom. The van der Waals surface area contributed by atoms with E-state index in [1.807, 2.05) is 10.8 Å². The van der Waals surface area contributed by atoms with Crippen molar-refractivity contribution < 1.29 is 50.9 Å². The topological polar surface area (TPSA) is 172 Å². The Labute approximate surface area is 226 Å². The molecule has 1 fully saturated rings. The summed E-state index contributed by atoms with van der Waals surface area (Å²) in [7, 11) is 0. The third kappa shape index (κ3) is 8.87. The Bertz CT molecular complexity index is 1370. The van der Waals surface area contributed by atoms with Gasteiger partial charge in [0.1, 0.15) is 5.69 Å². The van der Waals surface area contributed by atoms with Crippen LogP contribution < -0.4 is 10.6 Å². The van der Waals surface area contributed by atoms with Crippen molar-refractivity contribution in [2.24, 2.45) is 5.92 Å². The van der Waals surface area contributed by atoms with Crippen LogP contribution >= 0.6 is 0 Å². The molecule has 3 aromatic rings. The zero-order valence-electron chi connectivity index (χ0n) is 20.7. The largest absolute Gasteiger partial charge is 0.490 e. The lowest BCUT2D eigenvalue weighted by Crippen LogP contribution is -2.21. The molecule has 1 amide bonds. The Hall–Kier alpha value is -4.77. The van der Waals surface area contributed by atoms with E-state index in [0.717, 1.165) is 42.4 Å². The van der Waals surface area contributed by atoms with Crippen molar-refractivity contribution in [3.8, 4) is 11.4 Å². The van der Waals surface area contributed by atoms with Crippen molar-refractivity contribution in [3.05, 3.63) is 48.3 Å². The molecule has 0 aromatic carbocycles. The van der Waals surface area contributed by atoms with Gasteiger partial charge in [-0.1, -0.05) is 0 Å². The summed E-state index contributed by atoms with van der Waals surface area (Å²) in [5.74, 6) is -4.44. The third-order valence-corrected chi connectivity index (χ3v) is 5.41. The highest BCUT2D eigenvalue weighted by molar-refractivity contribution is 6.06. The molecule has 220 valence electrons. The molecule has 1 aliphatic heterocycles. The second-order valence-electron chi connectivity index (χ2n) is 8.58. The minimum absolute atomic E-state index is 0.268. The van der Waals surface area contributed by atoms with E-state index in [0.29, 0.717) is 17.3 Å². The summed E-state index contributed by atoms with van der Waals surface area (Å²) < 4.78 is 65.5. The molecule has 0 unspecified atom stereocenters. The van der Waals surface area contributed by atoms with Crippen LogP contribution in [0.3, 0.4) is 0 Å². The Kier molecular flexibility index (Phi) is 9.46. The number of pyridine rings is 1. The van der Waals surface area contributed by atoms with Crippen molar-refractivity contribution in [1.29, 1.82) is 0 Å². The maximum Gasteiger partial charge on any atom is 0.490 e. The molecule has 3 aromatic heterocycles. The normalized spacial score (nSPS) is 13.7. The molecular formula is C23H21F6N7O5. The fraction of sp³-hybridized carbons (Fsp3) is 0.348. The fourth-order valence-electron chi connectivity index (χ4n) is 3.27. The third-order valence-electron chi connectivity index (χ3n) is 5.41. The summed E-state index contributed by atoms with van der Waals surface area (Å²) >= 11 is 0. The van der Waals surface area contributed by atoms with Gasteiger partial charge < -0.3 is 25.4 Å². The van der Waals surface area contributed by atoms with Crippen molar-refractivity contribution in [3.63, 3.8) is 0 Å². The molecule has 18 heteroatoms. The van der Waals surface area contributed by atoms with Gasteiger partial charge in [0.2, 0.25) is 5.95 Å². The van der Waals surface area contributed by atoms with Crippen LogP contribution in [-0.4, -0.2) is 71.5 Å². The molecule has 4 heterocycles. The Morgan fingerprint density at radius 2 is 1.63 bits per heavy atom. The molecule has 0 saturated heterocycles. The Balaban J connectivity index is 0.000000276. The summed E-state index contributed by atoms with van der Waals surface area (Å²) in [5, 5.41) is 20.4. The van der Waals surface area contributed by atoms with Gasteiger partial charge >= 0.3 is 24.3 Å². The first-order valence-corrected chi connectivity index (χ1v) is 11.6. The van der Waals surface area contributed by atoms with E-state index in [1.165, 1.54) is 12.8 Å². The van der Waals surface area contributed by atoms with Gasteiger partial charge in [-0.15, -0.1) is 0 Å². The summed E-state index contributed by atoms with van der Waals surface area (Å²) in [6.45, 7) is 1.65. The van der Waals surface area contributed by atoms with E-state index in [2.05, 4.69) is 25.6 Å². The van der Waals surface area contributed by atoms with Crippen molar-refractivity contribution in [2.75, 3.05) is 17.2 Å². The van der Waals surface area contributed by atoms with Crippen LogP contribution in [0.2, 0.25) is 0 Å². The van der Waals surface area contributed by atoms with E-state index >= 15 is 0 Å². The number of nitrogens with one attached hydrogen (secondary N) is 2. The van der Waals surface area contributed by atoms with Gasteiger partial charge in [0.25, 0.3) is 5.91 Å². The number of hydrogen-bond acceptors (Lipinski definition) is 8. The number of carbonyl (C=O) groups is 3. The SMILES string of the molecule is O=C(Nc1cccnc1)c1ncn2c1-c1nc(NCC3CC3)ncc1CC2.O=C(O)C(F)(F)F.O=C(O)C(F)(F)F. The highest BCUT2D eigenvalue weighted by atomic mass is 19.4. The number of carboxylic acids is 2. The number of imidazole rings is 1. The molecule has 0 spiro atoms. The number of amides is 1. The van der Waals surface area contributed by atoms with Gasteiger partial charge in [0.05, 0.1) is 23.9 Å². The smallest absolute Gasteiger partial charge is 0.475 e. The number of carbonyl (C=O) groups excluding carboxylic acids is 1. The first kappa shape index (κ1) is 30.8. The predicted octanol–water partition coefficient (Wildman–Crippen LogP) is 3.63. The van der Waals surface area contributed by atoms with Gasteiger partial charge in [-0.25, -0.2) is 24.5 Å². The van der Waals surface area contributed by atoms with Crippen LogP contribution in [-0.2, 0) is 22.6 Å². The highest BCUT2D eigenvalue weighted by Gasteiger charge is 2.39. The van der Waals surface area contributed by atoms with E-state index < -0.39 is 24.3 Å². The lowest BCUT2D eigenvalue weighted by atomic mass is 10.0. The number of rotatable bonds is 5. The predicted molar refractivity (Wildman–Crippen MR) is 128 cm³/mol. The van der Waals surface area contributed by atoms with Crippen LogP contribution in [0.1, 0.15) is 28.9 Å². The van der Waals surface area contributed by atoms with Crippen LogP contribution in [0.4, 0.5) is 38.0 Å². The number of aliphatic carboxylic acids is 2.